The maximum atomic E-state index is 12.5. The fraction of sp³-hybridized carbons (Fsp3) is 0.636. The Hall–Kier alpha value is -2.04. The SMILES string of the molecule is CC(C)CNC(=O)c1cccc(N(C(N)=O)C2C3CC4CC(C3)CC2C4)c1. The molecule has 4 bridgehead atoms. The zero-order chi connectivity index (χ0) is 19.1. The highest BCUT2D eigenvalue weighted by atomic mass is 16.2. The lowest BCUT2D eigenvalue weighted by Gasteiger charge is -2.56. The number of rotatable bonds is 5. The number of nitrogens with zero attached hydrogens (tertiary/aromatic N) is 1. The summed E-state index contributed by atoms with van der Waals surface area (Å²) in [6.07, 6.45) is 6.25. The van der Waals surface area contributed by atoms with Crippen LogP contribution < -0.4 is 16.0 Å². The molecule has 4 saturated carbocycles. The average Bonchev–Trinajstić information content (AvgIpc) is 2.61. The molecule has 0 unspecified atom stereocenters. The van der Waals surface area contributed by atoms with Crippen molar-refractivity contribution in [2.75, 3.05) is 11.4 Å². The van der Waals surface area contributed by atoms with E-state index in [0.717, 1.165) is 17.5 Å². The molecule has 0 spiro atoms. The second-order valence-corrected chi connectivity index (χ2v) is 9.28. The summed E-state index contributed by atoms with van der Waals surface area (Å²) in [7, 11) is 0. The van der Waals surface area contributed by atoms with Crippen LogP contribution in [-0.2, 0) is 0 Å². The van der Waals surface area contributed by atoms with Crippen molar-refractivity contribution in [2.24, 2.45) is 35.3 Å². The molecule has 3 amide bonds. The van der Waals surface area contributed by atoms with Gasteiger partial charge in [0.2, 0.25) is 0 Å². The summed E-state index contributed by atoms with van der Waals surface area (Å²) in [6, 6.07) is 7.18. The maximum absolute atomic E-state index is 12.5. The van der Waals surface area contributed by atoms with E-state index in [-0.39, 0.29) is 11.9 Å². The fourth-order valence-electron chi connectivity index (χ4n) is 5.96. The predicted octanol–water partition coefficient (Wildman–Crippen LogP) is 3.78. The summed E-state index contributed by atoms with van der Waals surface area (Å²) >= 11 is 0. The topological polar surface area (TPSA) is 75.4 Å². The molecule has 0 aromatic heterocycles. The molecule has 146 valence electrons. The Balaban J connectivity index is 1.59. The third kappa shape index (κ3) is 3.56. The Morgan fingerprint density at radius 1 is 1.11 bits per heavy atom. The third-order valence-corrected chi connectivity index (χ3v) is 6.77. The Labute approximate surface area is 161 Å². The number of anilines is 1. The second kappa shape index (κ2) is 7.17. The van der Waals surface area contributed by atoms with E-state index in [1.165, 1.54) is 32.1 Å². The highest BCUT2D eigenvalue weighted by Gasteiger charge is 2.51. The van der Waals surface area contributed by atoms with E-state index >= 15 is 0 Å². The Morgan fingerprint density at radius 2 is 1.74 bits per heavy atom. The Kier molecular flexibility index (Phi) is 4.87. The molecule has 0 saturated heterocycles. The second-order valence-electron chi connectivity index (χ2n) is 9.28. The van der Waals surface area contributed by atoms with Crippen LogP contribution in [0.1, 0.15) is 56.3 Å². The van der Waals surface area contributed by atoms with Gasteiger partial charge in [-0.3, -0.25) is 9.69 Å². The number of benzene rings is 1. The number of carbonyl (C=O) groups excluding carboxylic acids is 2. The van der Waals surface area contributed by atoms with Crippen molar-refractivity contribution in [2.45, 2.75) is 52.0 Å². The molecule has 5 heteroatoms. The predicted molar refractivity (Wildman–Crippen MR) is 107 cm³/mol. The third-order valence-electron chi connectivity index (χ3n) is 6.77. The molecule has 0 heterocycles. The first-order valence-electron chi connectivity index (χ1n) is 10.4. The van der Waals surface area contributed by atoms with Crippen molar-refractivity contribution >= 4 is 17.6 Å². The van der Waals surface area contributed by atoms with Crippen LogP contribution in [0.5, 0.6) is 0 Å². The van der Waals surface area contributed by atoms with Gasteiger partial charge in [0.1, 0.15) is 0 Å². The summed E-state index contributed by atoms with van der Waals surface area (Å²) in [5.41, 5.74) is 7.21. The molecule has 4 aliphatic rings. The van der Waals surface area contributed by atoms with E-state index in [9.17, 15) is 9.59 Å². The van der Waals surface area contributed by atoms with Crippen LogP contribution in [0.15, 0.2) is 24.3 Å². The van der Waals surface area contributed by atoms with Gasteiger partial charge in [0, 0.05) is 23.8 Å². The van der Waals surface area contributed by atoms with E-state index in [2.05, 4.69) is 19.2 Å². The zero-order valence-corrected chi connectivity index (χ0v) is 16.4. The maximum Gasteiger partial charge on any atom is 0.319 e. The molecule has 5 nitrogen and oxygen atoms in total. The van der Waals surface area contributed by atoms with Gasteiger partial charge < -0.3 is 11.1 Å². The van der Waals surface area contributed by atoms with Crippen LogP contribution in [-0.4, -0.2) is 24.5 Å². The minimum atomic E-state index is -0.396. The molecule has 1 aromatic rings. The van der Waals surface area contributed by atoms with E-state index < -0.39 is 6.03 Å². The summed E-state index contributed by atoms with van der Waals surface area (Å²) in [6.45, 7) is 4.77. The normalized spacial score (nSPS) is 31.1. The number of nitrogens with one attached hydrogen (secondary N) is 1. The van der Waals surface area contributed by atoms with Crippen LogP contribution in [0, 0.1) is 29.6 Å². The van der Waals surface area contributed by atoms with Crippen molar-refractivity contribution in [1.29, 1.82) is 0 Å². The van der Waals surface area contributed by atoms with Gasteiger partial charge in [-0.15, -0.1) is 0 Å². The lowest BCUT2D eigenvalue weighted by Crippen LogP contribution is -2.59. The first-order chi connectivity index (χ1) is 12.9. The summed E-state index contributed by atoms with van der Waals surface area (Å²) in [4.78, 5) is 26.7. The van der Waals surface area contributed by atoms with Gasteiger partial charge >= 0.3 is 6.03 Å². The fourth-order valence-corrected chi connectivity index (χ4v) is 5.96. The van der Waals surface area contributed by atoms with Crippen molar-refractivity contribution in [3.63, 3.8) is 0 Å². The molecule has 3 N–H and O–H groups in total. The highest BCUT2D eigenvalue weighted by Crippen LogP contribution is 2.55. The van der Waals surface area contributed by atoms with Gasteiger partial charge in [-0.2, -0.15) is 0 Å². The average molecular weight is 370 g/mol. The van der Waals surface area contributed by atoms with Crippen molar-refractivity contribution in [3.8, 4) is 0 Å². The molecule has 0 radical (unpaired) electrons. The number of primary amides is 1. The van der Waals surface area contributed by atoms with Crippen LogP contribution in [0.2, 0.25) is 0 Å². The van der Waals surface area contributed by atoms with Crippen LogP contribution >= 0.6 is 0 Å². The van der Waals surface area contributed by atoms with Crippen molar-refractivity contribution in [3.05, 3.63) is 29.8 Å². The molecule has 0 aliphatic heterocycles. The Morgan fingerprint density at radius 3 is 2.30 bits per heavy atom. The lowest BCUT2D eigenvalue weighted by molar-refractivity contribution is -0.0000785. The van der Waals surface area contributed by atoms with Crippen LogP contribution in [0.25, 0.3) is 0 Å². The number of hydrogen-bond acceptors (Lipinski definition) is 2. The molecule has 0 atom stereocenters. The largest absolute Gasteiger partial charge is 0.352 e. The van der Waals surface area contributed by atoms with Gasteiger partial charge in [0.25, 0.3) is 5.91 Å². The van der Waals surface area contributed by atoms with E-state index in [4.69, 9.17) is 5.73 Å². The minimum absolute atomic E-state index is 0.0972. The summed E-state index contributed by atoms with van der Waals surface area (Å²) in [5, 5.41) is 2.95. The standard InChI is InChI=1S/C22H31N3O2/c1-13(2)12-24-21(26)16-4-3-5-19(11-16)25(22(23)27)20-17-7-14-6-15(9-17)10-18(20)8-14/h3-5,11,13-15,17-18,20H,6-10,12H2,1-2H3,(H2,23,27)(H,24,26). The van der Waals surface area contributed by atoms with E-state index in [1.807, 2.05) is 18.2 Å². The number of nitrogens with two attached hydrogens (primary N) is 1. The van der Waals surface area contributed by atoms with E-state index in [0.29, 0.717) is 29.9 Å². The summed E-state index contributed by atoms with van der Waals surface area (Å²) in [5.74, 6) is 3.07. The molecule has 27 heavy (non-hydrogen) atoms. The molecular formula is C22H31N3O2. The quantitative estimate of drug-likeness (QED) is 0.829. The molecule has 4 fully saturated rings. The minimum Gasteiger partial charge on any atom is -0.352 e. The van der Waals surface area contributed by atoms with Gasteiger partial charge in [0.15, 0.2) is 0 Å². The van der Waals surface area contributed by atoms with Crippen molar-refractivity contribution < 1.29 is 9.59 Å². The van der Waals surface area contributed by atoms with Crippen LogP contribution in [0.3, 0.4) is 0 Å². The van der Waals surface area contributed by atoms with Crippen molar-refractivity contribution in [1.82, 2.24) is 5.32 Å². The van der Waals surface area contributed by atoms with Gasteiger partial charge in [-0.05, 0) is 79.9 Å². The first-order valence-corrected chi connectivity index (χ1v) is 10.4. The van der Waals surface area contributed by atoms with Gasteiger partial charge in [-0.25, -0.2) is 4.79 Å². The number of urea groups is 1. The lowest BCUT2D eigenvalue weighted by atomic mass is 9.54. The first kappa shape index (κ1) is 18.3. The molecular weight excluding hydrogens is 338 g/mol. The molecule has 1 aromatic carbocycles. The monoisotopic (exact) mass is 369 g/mol. The molecule has 5 rings (SSSR count). The van der Waals surface area contributed by atoms with Crippen LogP contribution in [0.4, 0.5) is 10.5 Å². The molecule has 4 aliphatic carbocycles. The smallest absolute Gasteiger partial charge is 0.319 e. The zero-order valence-electron chi connectivity index (χ0n) is 16.4. The van der Waals surface area contributed by atoms with Gasteiger partial charge in [-0.1, -0.05) is 19.9 Å². The van der Waals surface area contributed by atoms with E-state index in [1.54, 1.807) is 11.0 Å². The summed E-state index contributed by atoms with van der Waals surface area (Å²) < 4.78 is 0. The number of hydrogen-bond donors (Lipinski definition) is 2. The number of amides is 3. The highest BCUT2D eigenvalue weighted by molar-refractivity contribution is 5.97. The van der Waals surface area contributed by atoms with Gasteiger partial charge in [0.05, 0.1) is 0 Å². The number of carbonyl (C=O) groups is 2. The Bertz CT molecular complexity index is 702.